The number of ether oxygens (including phenoxy) is 1. The van der Waals surface area contributed by atoms with Gasteiger partial charge in [-0.25, -0.2) is 0 Å². The number of benzene rings is 2. The molecule has 3 rings (SSSR count). The van der Waals surface area contributed by atoms with Gasteiger partial charge >= 0.3 is 0 Å². The first-order chi connectivity index (χ1) is 12.2. The van der Waals surface area contributed by atoms with E-state index in [0.717, 1.165) is 31.2 Å². The molecule has 5 heteroatoms. The molecule has 1 amide bonds. The average molecular weight is 377 g/mol. The molecule has 0 bridgehead atoms. The van der Waals surface area contributed by atoms with E-state index in [1.54, 1.807) is 0 Å². The second-order valence-electron chi connectivity index (χ2n) is 6.94. The molecule has 4 nitrogen and oxygen atoms in total. The number of hydrogen-bond acceptors (Lipinski definition) is 3. The molecule has 0 aliphatic heterocycles. The van der Waals surface area contributed by atoms with Crippen LogP contribution in [0.4, 0.5) is 0 Å². The van der Waals surface area contributed by atoms with Crippen LogP contribution in [0.25, 0.3) is 10.8 Å². The lowest BCUT2D eigenvalue weighted by Crippen LogP contribution is -2.45. The largest absolute Gasteiger partial charge is 0.377 e. The Labute approximate surface area is 161 Å². The first-order valence-electron chi connectivity index (χ1n) is 9.30. The van der Waals surface area contributed by atoms with Crippen LogP contribution in [0.3, 0.4) is 0 Å². The molecule has 0 unspecified atom stereocenters. The highest BCUT2D eigenvalue weighted by Crippen LogP contribution is 2.26. The third-order valence-electron chi connectivity index (χ3n) is 5.08. The third-order valence-corrected chi connectivity index (χ3v) is 5.08. The summed E-state index contributed by atoms with van der Waals surface area (Å²) in [5, 5.41) is 5.51. The average Bonchev–Trinajstić information content (AvgIpc) is 2.65. The van der Waals surface area contributed by atoms with Gasteiger partial charge in [0.15, 0.2) is 0 Å². The molecular formula is C21H29ClN2O2. The fourth-order valence-corrected chi connectivity index (χ4v) is 3.62. The molecule has 0 heterocycles. The van der Waals surface area contributed by atoms with Crippen LogP contribution in [0.1, 0.15) is 38.2 Å². The Balaban J connectivity index is 0.00000243. The maximum atomic E-state index is 12.6. The molecule has 2 aromatic rings. The van der Waals surface area contributed by atoms with Crippen molar-refractivity contribution < 1.29 is 9.53 Å². The summed E-state index contributed by atoms with van der Waals surface area (Å²) in [7, 11) is 0. The Kier molecular flexibility index (Phi) is 7.88. The molecule has 2 aromatic carbocycles. The Morgan fingerprint density at radius 1 is 1.19 bits per heavy atom. The van der Waals surface area contributed by atoms with Crippen LogP contribution in [0.15, 0.2) is 42.5 Å². The van der Waals surface area contributed by atoms with Crippen molar-refractivity contribution in [2.45, 2.75) is 51.3 Å². The van der Waals surface area contributed by atoms with Gasteiger partial charge in [-0.15, -0.1) is 12.4 Å². The summed E-state index contributed by atoms with van der Waals surface area (Å²) < 4.78 is 5.84. The van der Waals surface area contributed by atoms with E-state index in [1.165, 1.54) is 10.8 Å². The van der Waals surface area contributed by atoms with Gasteiger partial charge in [0.25, 0.3) is 0 Å². The van der Waals surface area contributed by atoms with Crippen LogP contribution in [0, 0.1) is 5.92 Å². The summed E-state index contributed by atoms with van der Waals surface area (Å²) in [6.07, 6.45) is 3.39. The van der Waals surface area contributed by atoms with Crippen LogP contribution in [-0.2, 0) is 16.1 Å². The molecule has 26 heavy (non-hydrogen) atoms. The first-order valence-corrected chi connectivity index (χ1v) is 9.30. The zero-order chi connectivity index (χ0) is 17.6. The minimum atomic E-state index is -0.00312. The number of nitrogens with one attached hydrogen (secondary N) is 1. The Morgan fingerprint density at radius 3 is 2.77 bits per heavy atom. The Morgan fingerprint density at radius 2 is 1.96 bits per heavy atom. The van der Waals surface area contributed by atoms with Crippen molar-refractivity contribution in [3.8, 4) is 0 Å². The van der Waals surface area contributed by atoms with E-state index in [2.05, 4.69) is 36.5 Å². The van der Waals surface area contributed by atoms with Crippen LogP contribution in [0.2, 0.25) is 0 Å². The molecule has 3 atom stereocenters. The molecule has 3 N–H and O–H groups in total. The minimum absolute atomic E-state index is 0. The summed E-state index contributed by atoms with van der Waals surface area (Å²) in [4.78, 5) is 12.6. The smallest absolute Gasteiger partial charge is 0.223 e. The molecule has 142 valence electrons. The first kappa shape index (κ1) is 20.7. The zero-order valence-corrected chi connectivity index (χ0v) is 16.1. The number of amides is 1. The summed E-state index contributed by atoms with van der Waals surface area (Å²) in [5.74, 6) is 0.113. The molecule has 1 fully saturated rings. The highest BCUT2D eigenvalue weighted by molar-refractivity contribution is 5.86. The molecule has 0 spiro atoms. The van der Waals surface area contributed by atoms with Gasteiger partial charge in [0.05, 0.1) is 6.10 Å². The van der Waals surface area contributed by atoms with Gasteiger partial charge in [-0.3, -0.25) is 4.79 Å². The number of carbonyl (C=O) groups excluding carboxylic acids is 1. The van der Waals surface area contributed by atoms with E-state index in [9.17, 15) is 4.79 Å². The van der Waals surface area contributed by atoms with Crippen molar-refractivity contribution >= 4 is 29.1 Å². The number of rotatable bonds is 6. The van der Waals surface area contributed by atoms with E-state index >= 15 is 0 Å². The molecule has 1 aliphatic carbocycles. The molecule has 0 radical (unpaired) electrons. The number of carbonyl (C=O) groups is 1. The predicted octanol–water partition coefficient (Wildman–Crippen LogP) is 3.80. The maximum Gasteiger partial charge on any atom is 0.223 e. The van der Waals surface area contributed by atoms with Crippen molar-refractivity contribution in [2.75, 3.05) is 6.61 Å². The number of halogens is 1. The lowest BCUT2D eigenvalue weighted by atomic mass is 9.83. The Hall–Kier alpha value is -1.62. The minimum Gasteiger partial charge on any atom is -0.377 e. The number of hydrogen-bond donors (Lipinski definition) is 2. The van der Waals surface area contributed by atoms with Gasteiger partial charge in [-0.1, -0.05) is 49.4 Å². The van der Waals surface area contributed by atoms with Gasteiger partial charge in [-0.2, -0.15) is 0 Å². The van der Waals surface area contributed by atoms with Gasteiger partial charge < -0.3 is 15.8 Å². The lowest BCUT2D eigenvalue weighted by Gasteiger charge is -2.33. The van der Waals surface area contributed by atoms with Gasteiger partial charge in [-0.05, 0) is 42.0 Å². The summed E-state index contributed by atoms with van der Waals surface area (Å²) in [6, 6.07) is 14.5. The summed E-state index contributed by atoms with van der Waals surface area (Å²) in [6.45, 7) is 3.36. The van der Waals surface area contributed by atoms with E-state index in [-0.39, 0.29) is 36.4 Å². The summed E-state index contributed by atoms with van der Waals surface area (Å²) >= 11 is 0. The topological polar surface area (TPSA) is 64.3 Å². The van der Waals surface area contributed by atoms with Crippen molar-refractivity contribution in [3.05, 3.63) is 48.0 Å². The van der Waals surface area contributed by atoms with E-state index in [0.29, 0.717) is 13.2 Å². The molecule has 1 saturated carbocycles. The van der Waals surface area contributed by atoms with E-state index in [1.807, 2.05) is 18.2 Å². The monoisotopic (exact) mass is 376 g/mol. The van der Waals surface area contributed by atoms with Gasteiger partial charge in [0.1, 0.15) is 0 Å². The predicted molar refractivity (Wildman–Crippen MR) is 108 cm³/mol. The number of fused-ring (bicyclic) bond motifs is 1. The van der Waals surface area contributed by atoms with Crippen LogP contribution >= 0.6 is 12.4 Å². The maximum absolute atomic E-state index is 12.6. The second-order valence-corrected chi connectivity index (χ2v) is 6.94. The van der Waals surface area contributed by atoms with Crippen LogP contribution in [0.5, 0.6) is 0 Å². The molecule has 1 aliphatic rings. The molecular weight excluding hydrogens is 348 g/mol. The van der Waals surface area contributed by atoms with E-state index < -0.39 is 0 Å². The highest BCUT2D eigenvalue weighted by atomic mass is 35.5. The van der Waals surface area contributed by atoms with Gasteiger partial charge in [0.2, 0.25) is 5.91 Å². The fourth-order valence-electron chi connectivity index (χ4n) is 3.62. The van der Waals surface area contributed by atoms with Crippen LogP contribution in [-0.4, -0.2) is 24.7 Å². The normalized spacial score (nSPS) is 22.6. The second kappa shape index (κ2) is 9.91. The third kappa shape index (κ3) is 4.97. The fraction of sp³-hybridized carbons (Fsp3) is 0.476. The van der Waals surface area contributed by atoms with Crippen LogP contribution < -0.4 is 11.1 Å². The summed E-state index contributed by atoms with van der Waals surface area (Å²) in [5.41, 5.74) is 7.30. The quantitative estimate of drug-likeness (QED) is 0.805. The number of nitrogens with two attached hydrogens (primary N) is 1. The van der Waals surface area contributed by atoms with Crippen molar-refractivity contribution in [1.82, 2.24) is 5.32 Å². The molecule has 0 aromatic heterocycles. The Bertz CT molecular complexity index is 717. The standard InChI is InChI=1S/C21H28N2O2.ClH/c1-2-12-25-20-13-16(10-11-19(20)22)21(24)23-14-17-8-5-7-15-6-3-4-9-18(15)17;/h3-9,16,19-20H,2,10-14,22H2,1H3,(H,23,24);1H/t16-,19+,20+;/m0./s1. The zero-order valence-electron chi connectivity index (χ0n) is 15.3. The van der Waals surface area contributed by atoms with Crippen molar-refractivity contribution in [1.29, 1.82) is 0 Å². The van der Waals surface area contributed by atoms with Gasteiger partial charge in [0, 0.05) is 25.1 Å². The van der Waals surface area contributed by atoms with Crippen molar-refractivity contribution in [3.63, 3.8) is 0 Å². The molecule has 0 saturated heterocycles. The van der Waals surface area contributed by atoms with E-state index in [4.69, 9.17) is 10.5 Å². The van der Waals surface area contributed by atoms with Crippen molar-refractivity contribution in [2.24, 2.45) is 11.7 Å². The SMILES string of the molecule is CCCO[C@@H]1C[C@@H](C(=O)NCc2cccc3ccccc23)CC[C@H]1N.Cl. The lowest BCUT2D eigenvalue weighted by molar-refractivity contribution is -0.128. The highest BCUT2D eigenvalue weighted by Gasteiger charge is 2.32.